The van der Waals surface area contributed by atoms with Crippen molar-refractivity contribution in [2.75, 3.05) is 33.6 Å². The third-order valence-corrected chi connectivity index (χ3v) is 6.40. The number of carbonyl (C=O) groups is 1. The van der Waals surface area contributed by atoms with Crippen molar-refractivity contribution in [3.63, 3.8) is 0 Å². The lowest BCUT2D eigenvalue weighted by Gasteiger charge is -2.26. The molecular weight excluding hydrogens is 382 g/mol. The number of ether oxygens (including phenoxy) is 3. The number of hydrogen-bond donors (Lipinski definition) is 0. The second kappa shape index (κ2) is 7.76. The Balaban J connectivity index is 1.98. The zero-order valence-corrected chi connectivity index (χ0v) is 16.5. The van der Waals surface area contributed by atoms with Crippen molar-refractivity contribution < 1.29 is 19.0 Å². The van der Waals surface area contributed by atoms with Crippen molar-refractivity contribution in [3.8, 4) is 17.2 Å². The average molecular weight is 400 g/mol. The number of rotatable bonds is 5. The fourth-order valence-electron chi connectivity index (χ4n) is 2.75. The van der Waals surface area contributed by atoms with Crippen LogP contribution in [0.2, 0.25) is 4.34 Å². The molecule has 2 aromatic rings. The summed E-state index contributed by atoms with van der Waals surface area (Å²) >= 11 is 8.97. The molecular formula is C17H18ClNO4S2. The summed E-state index contributed by atoms with van der Waals surface area (Å²) in [7, 11) is 4.78. The number of nitrogens with zero attached hydrogens (tertiary/aromatic N) is 1. The fourth-order valence-corrected chi connectivity index (χ4v) is 5.02. The first-order valence-corrected chi connectivity index (χ1v) is 9.81. The smallest absolute Gasteiger partial charge is 0.265 e. The standard InChI is InChI=1S/C17H18ClNO4S2/c1-21-11-9-13(23-3)12(22-2)8-10(11)17-19(6-7-24-17)16(20)14-4-5-15(18)25-14/h4-5,8-9,17H,6-7H2,1-3H3. The summed E-state index contributed by atoms with van der Waals surface area (Å²) in [4.78, 5) is 15.4. The molecule has 1 unspecified atom stereocenters. The average Bonchev–Trinajstić information content (AvgIpc) is 3.28. The largest absolute Gasteiger partial charge is 0.496 e. The van der Waals surface area contributed by atoms with Crippen molar-refractivity contribution in [2.45, 2.75) is 5.37 Å². The van der Waals surface area contributed by atoms with E-state index in [1.807, 2.05) is 11.0 Å². The third kappa shape index (κ3) is 3.54. The molecule has 3 rings (SSSR count). The first-order chi connectivity index (χ1) is 12.1. The minimum Gasteiger partial charge on any atom is -0.496 e. The third-order valence-electron chi connectivity index (χ3n) is 3.94. The van der Waals surface area contributed by atoms with E-state index in [0.29, 0.717) is 33.0 Å². The van der Waals surface area contributed by atoms with E-state index in [1.54, 1.807) is 51.3 Å². The van der Waals surface area contributed by atoms with Crippen LogP contribution in [0.4, 0.5) is 0 Å². The molecule has 1 aliphatic heterocycles. The lowest BCUT2D eigenvalue weighted by molar-refractivity contribution is 0.0764. The van der Waals surface area contributed by atoms with E-state index in [0.717, 1.165) is 11.3 Å². The van der Waals surface area contributed by atoms with E-state index in [9.17, 15) is 4.79 Å². The first-order valence-electron chi connectivity index (χ1n) is 7.56. The van der Waals surface area contributed by atoms with Crippen LogP contribution in [0.25, 0.3) is 0 Å². The Bertz CT molecular complexity index is 780. The van der Waals surface area contributed by atoms with Crippen LogP contribution in [0.15, 0.2) is 24.3 Å². The summed E-state index contributed by atoms with van der Waals surface area (Å²) in [5, 5.41) is -0.150. The van der Waals surface area contributed by atoms with Crippen molar-refractivity contribution in [3.05, 3.63) is 39.0 Å². The van der Waals surface area contributed by atoms with Gasteiger partial charge in [-0.3, -0.25) is 4.79 Å². The van der Waals surface area contributed by atoms with Gasteiger partial charge in [-0.05, 0) is 18.2 Å². The molecule has 0 bridgehead atoms. The van der Waals surface area contributed by atoms with Gasteiger partial charge in [0.2, 0.25) is 0 Å². The van der Waals surface area contributed by atoms with Crippen LogP contribution in [-0.2, 0) is 0 Å². The second-order valence-electron chi connectivity index (χ2n) is 5.27. The summed E-state index contributed by atoms with van der Waals surface area (Å²) in [5.41, 5.74) is 0.888. The van der Waals surface area contributed by atoms with Gasteiger partial charge >= 0.3 is 0 Å². The first kappa shape index (κ1) is 18.2. The van der Waals surface area contributed by atoms with Crippen LogP contribution in [0, 0.1) is 0 Å². The molecule has 1 fully saturated rings. The number of amides is 1. The van der Waals surface area contributed by atoms with Gasteiger partial charge in [0.05, 0.1) is 30.5 Å². The van der Waals surface area contributed by atoms with Crippen LogP contribution in [0.3, 0.4) is 0 Å². The van der Waals surface area contributed by atoms with Gasteiger partial charge in [0.1, 0.15) is 11.1 Å². The van der Waals surface area contributed by atoms with Crippen molar-refractivity contribution in [1.29, 1.82) is 0 Å². The maximum absolute atomic E-state index is 12.9. The number of thiophene rings is 1. The molecule has 1 aliphatic rings. The molecule has 0 aliphatic carbocycles. The van der Waals surface area contributed by atoms with Crippen LogP contribution in [0.5, 0.6) is 17.2 Å². The highest BCUT2D eigenvalue weighted by Crippen LogP contribution is 2.46. The molecule has 1 amide bonds. The van der Waals surface area contributed by atoms with Gasteiger partial charge in [-0.2, -0.15) is 0 Å². The van der Waals surface area contributed by atoms with Gasteiger partial charge in [0, 0.05) is 23.9 Å². The molecule has 0 saturated carbocycles. The van der Waals surface area contributed by atoms with Crippen molar-refractivity contribution in [1.82, 2.24) is 4.90 Å². The predicted molar refractivity (Wildman–Crippen MR) is 102 cm³/mol. The summed E-state index contributed by atoms with van der Waals surface area (Å²) in [6, 6.07) is 7.18. The molecule has 134 valence electrons. The maximum Gasteiger partial charge on any atom is 0.265 e. The minimum atomic E-state index is -0.150. The number of benzene rings is 1. The monoisotopic (exact) mass is 399 g/mol. The van der Waals surface area contributed by atoms with Gasteiger partial charge in [0.15, 0.2) is 11.5 Å². The second-order valence-corrected chi connectivity index (χ2v) is 8.18. The number of hydrogen-bond acceptors (Lipinski definition) is 6. The Morgan fingerprint density at radius 1 is 1.12 bits per heavy atom. The summed E-state index contributed by atoms with van der Waals surface area (Å²) < 4.78 is 16.9. The Hall–Kier alpha value is -1.57. The van der Waals surface area contributed by atoms with E-state index in [-0.39, 0.29) is 11.3 Å². The van der Waals surface area contributed by atoms with E-state index < -0.39 is 0 Å². The van der Waals surface area contributed by atoms with Gasteiger partial charge < -0.3 is 19.1 Å². The zero-order chi connectivity index (χ0) is 18.0. The van der Waals surface area contributed by atoms with Crippen LogP contribution in [-0.4, -0.2) is 44.4 Å². The molecule has 2 heterocycles. The lowest BCUT2D eigenvalue weighted by atomic mass is 10.1. The summed E-state index contributed by atoms with van der Waals surface area (Å²) in [6.45, 7) is 0.668. The molecule has 0 spiro atoms. The highest BCUT2D eigenvalue weighted by atomic mass is 35.5. The number of halogens is 1. The van der Waals surface area contributed by atoms with Gasteiger partial charge in [-0.1, -0.05) is 11.6 Å². The molecule has 5 nitrogen and oxygen atoms in total. The van der Waals surface area contributed by atoms with E-state index in [4.69, 9.17) is 25.8 Å². The van der Waals surface area contributed by atoms with E-state index in [2.05, 4.69) is 0 Å². The Morgan fingerprint density at radius 3 is 2.40 bits per heavy atom. The highest BCUT2D eigenvalue weighted by Gasteiger charge is 2.34. The fraction of sp³-hybridized carbons (Fsp3) is 0.353. The van der Waals surface area contributed by atoms with Gasteiger partial charge in [-0.25, -0.2) is 0 Å². The maximum atomic E-state index is 12.9. The van der Waals surface area contributed by atoms with E-state index in [1.165, 1.54) is 11.3 Å². The predicted octanol–water partition coefficient (Wildman–Crippen LogP) is 4.32. The van der Waals surface area contributed by atoms with Crippen molar-refractivity contribution >= 4 is 40.6 Å². The Labute approximate surface area is 159 Å². The SMILES string of the molecule is COc1cc(OC)c(C2SCCN2C(=O)c2ccc(Cl)s2)cc1OC. The quantitative estimate of drug-likeness (QED) is 0.749. The molecule has 25 heavy (non-hydrogen) atoms. The molecule has 1 saturated heterocycles. The number of thioether (sulfide) groups is 1. The van der Waals surface area contributed by atoms with Gasteiger partial charge in [0.25, 0.3) is 5.91 Å². The topological polar surface area (TPSA) is 48.0 Å². The Kier molecular flexibility index (Phi) is 5.66. The molecule has 1 aromatic carbocycles. The van der Waals surface area contributed by atoms with Crippen LogP contribution < -0.4 is 14.2 Å². The molecule has 0 N–H and O–H groups in total. The van der Waals surface area contributed by atoms with Crippen LogP contribution >= 0.6 is 34.7 Å². The lowest BCUT2D eigenvalue weighted by Crippen LogP contribution is -2.30. The van der Waals surface area contributed by atoms with Crippen molar-refractivity contribution in [2.24, 2.45) is 0 Å². The highest BCUT2D eigenvalue weighted by molar-refractivity contribution is 7.99. The van der Waals surface area contributed by atoms with Gasteiger partial charge in [-0.15, -0.1) is 23.1 Å². The number of carbonyl (C=O) groups excluding carboxylic acids is 1. The number of methoxy groups -OCH3 is 3. The van der Waals surface area contributed by atoms with E-state index >= 15 is 0 Å². The van der Waals surface area contributed by atoms with Crippen LogP contribution in [0.1, 0.15) is 20.6 Å². The summed E-state index contributed by atoms with van der Waals surface area (Å²) in [6.07, 6.45) is 0. The minimum absolute atomic E-state index is 0.0243. The molecule has 1 aromatic heterocycles. The Morgan fingerprint density at radius 2 is 1.80 bits per heavy atom. The summed E-state index contributed by atoms with van der Waals surface area (Å²) in [5.74, 6) is 2.70. The molecule has 8 heteroatoms. The molecule has 0 radical (unpaired) electrons. The zero-order valence-electron chi connectivity index (χ0n) is 14.1. The molecule has 1 atom stereocenters. The normalized spacial score (nSPS) is 16.8.